The van der Waals surface area contributed by atoms with Gasteiger partial charge in [0.05, 0.1) is 22.8 Å². The van der Waals surface area contributed by atoms with Crippen LogP contribution in [0, 0.1) is 11.3 Å². The van der Waals surface area contributed by atoms with E-state index in [1.165, 1.54) is 0 Å². The van der Waals surface area contributed by atoms with Gasteiger partial charge in [-0.05, 0) is 30.3 Å². The van der Waals surface area contributed by atoms with Gasteiger partial charge in [0.25, 0.3) is 0 Å². The summed E-state index contributed by atoms with van der Waals surface area (Å²) in [5, 5.41) is 10.1. The molecule has 0 saturated carbocycles. The molecular formula is C19H11N3O. The van der Waals surface area contributed by atoms with Crippen molar-refractivity contribution in [3.05, 3.63) is 72.5 Å². The summed E-state index contributed by atoms with van der Waals surface area (Å²) in [5.41, 5.74) is 3.70. The van der Waals surface area contributed by atoms with Gasteiger partial charge >= 0.3 is 0 Å². The fourth-order valence-corrected chi connectivity index (χ4v) is 2.45. The highest BCUT2D eigenvalue weighted by atomic mass is 16.3. The second kappa shape index (κ2) is 5.39. The number of fused-ring (bicyclic) bond motifs is 1. The molecule has 0 fully saturated rings. The zero-order valence-corrected chi connectivity index (χ0v) is 12.1. The highest BCUT2D eigenvalue weighted by Gasteiger charge is 2.10. The SMILES string of the molecule is N#Cc1cccc(-c2nc(-c3ccc4ccccc4n3)co2)c1. The first-order chi connectivity index (χ1) is 11.3. The Morgan fingerprint density at radius 1 is 0.870 bits per heavy atom. The van der Waals surface area contributed by atoms with E-state index in [0.29, 0.717) is 17.1 Å². The maximum atomic E-state index is 8.98. The van der Waals surface area contributed by atoms with Crippen molar-refractivity contribution in [2.45, 2.75) is 0 Å². The topological polar surface area (TPSA) is 62.7 Å². The average molecular weight is 297 g/mol. The second-order valence-corrected chi connectivity index (χ2v) is 5.12. The molecule has 0 amide bonds. The van der Waals surface area contributed by atoms with Crippen LogP contribution < -0.4 is 0 Å². The summed E-state index contributed by atoms with van der Waals surface area (Å²) in [7, 11) is 0. The van der Waals surface area contributed by atoms with E-state index in [1.54, 1.807) is 18.4 Å². The Kier molecular flexibility index (Phi) is 3.10. The quantitative estimate of drug-likeness (QED) is 0.549. The summed E-state index contributed by atoms with van der Waals surface area (Å²) in [5.74, 6) is 0.479. The summed E-state index contributed by atoms with van der Waals surface area (Å²) >= 11 is 0. The summed E-state index contributed by atoms with van der Waals surface area (Å²) in [4.78, 5) is 9.11. The third kappa shape index (κ3) is 2.45. The van der Waals surface area contributed by atoms with Gasteiger partial charge in [0, 0.05) is 10.9 Å². The lowest BCUT2D eigenvalue weighted by Crippen LogP contribution is -1.86. The maximum absolute atomic E-state index is 8.98. The standard InChI is InChI=1S/C19H11N3O/c20-11-13-4-3-6-15(10-13)19-22-18(12-23-19)17-9-8-14-5-1-2-7-16(14)21-17/h1-10,12H. The lowest BCUT2D eigenvalue weighted by atomic mass is 10.1. The molecule has 0 aliphatic rings. The van der Waals surface area contributed by atoms with Gasteiger partial charge in [-0.15, -0.1) is 0 Å². The summed E-state index contributed by atoms with van der Waals surface area (Å²) < 4.78 is 5.56. The smallest absolute Gasteiger partial charge is 0.226 e. The Morgan fingerprint density at radius 3 is 2.70 bits per heavy atom. The van der Waals surface area contributed by atoms with E-state index in [-0.39, 0.29) is 0 Å². The van der Waals surface area contributed by atoms with Crippen LogP contribution in [0.1, 0.15) is 5.56 Å². The number of aromatic nitrogens is 2. The van der Waals surface area contributed by atoms with Crippen molar-refractivity contribution in [3.8, 4) is 28.9 Å². The van der Waals surface area contributed by atoms with E-state index < -0.39 is 0 Å². The Morgan fingerprint density at radius 2 is 1.78 bits per heavy atom. The van der Waals surface area contributed by atoms with Crippen LogP contribution in [0.15, 0.2) is 71.3 Å². The Bertz CT molecular complexity index is 1040. The minimum absolute atomic E-state index is 0.479. The molecule has 0 unspecified atom stereocenters. The highest BCUT2D eigenvalue weighted by Crippen LogP contribution is 2.25. The molecule has 23 heavy (non-hydrogen) atoms. The number of rotatable bonds is 2. The number of nitrogens with zero attached hydrogens (tertiary/aromatic N) is 3. The normalized spacial score (nSPS) is 10.6. The van der Waals surface area contributed by atoms with E-state index in [0.717, 1.165) is 22.2 Å². The van der Waals surface area contributed by atoms with E-state index in [2.05, 4.69) is 16.0 Å². The van der Waals surface area contributed by atoms with Crippen molar-refractivity contribution in [3.63, 3.8) is 0 Å². The Hall–Kier alpha value is -3.45. The van der Waals surface area contributed by atoms with E-state index in [9.17, 15) is 0 Å². The summed E-state index contributed by atoms with van der Waals surface area (Å²) in [6.45, 7) is 0. The number of para-hydroxylation sites is 1. The van der Waals surface area contributed by atoms with E-state index >= 15 is 0 Å². The second-order valence-electron chi connectivity index (χ2n) is 5.12. The lowest BCUT2D eigenvalue weighted by molar-refractivity contribution is 0.575. The van der Waals surface area contributed by atoms with Crippen molar-refractivity contribution < 1.29 is 4.42 Å². The van der Waals surface area contributed by atoms with Crippen LogP contribution >= 0.6 is 0 Å². The first kappa shape index (κ1) is 13.2. The number of nitriles is 1. The van der Waals surface area contributed by atoms with Crippen molar-refractivity contribution in [2.75, 3.05) is 0 Å². The van der Waals surface area contributed by atoms with Crippen molar-refractivity contribution in [1.29, 1.82) is 5.26 Å². The Balaban J connectivity index is 1.75. The molecule has 0 radical (unpaired) electrons. The van der Waals surface area contributed by atoms with Gasteiger partial charge in [-0.2, -0.15) is 5.26 Å². The first-order valence-electron chi connectivity index (χ1n) is 7.16. The zero-order valence-electron chi connectivity index (χ0n) is 12.1. The number of benzene rings is 2. The number of hydrogen-bond donors (Lipinski definition) is 0. The number of oxazole rings is 1. The van der Waals surface area contributed by atoms with Gasteiger partial charge in [0.2, 0.25) is 5.89 Å². The molecule has 4 rings (SSSR count). The van der Waals surface area contributed by atoms with Crippen molar-refractivity contribution in [2.24, 2.45) is 0 Å². The maximum Gasteiger partial charge on any atom is 0.226 e. The molecule has 4 aromatic rings. The third-order valence-electron chi connectivity index (χ3n) is 3.60. The van der Waals surface area contributed by atoms with Gasteiger partial charge in [0.15, 0.2) is 0 Å². The summed E-state index contributed by atoms with van der Waals surface area (Å²) in [6.07, 6.45) is 1.59. The molecule has 0 bridgehead atoms. The van der Waals surface area contributed by atoms with Crippen LogP contribution in [-0.4, -0.2) is 9.97 Å². The molecule has 0 atom stereocenters. The highest BCUT2D eigenvalue weighted by molar-refractivity contribution is 5.81. The van der Waals surface area contributed by atoms with Crippen LogP contribution in [0.5, 0.6) is 0 Å². The lowest BCUT2D eigenvalue weighted by Gasteiger charge is -1.99. The fourth-order valence-electron chi connectivity index (χ4n) is 2.45. The van der Waals surface area contributed by atoms with E-state index in [1.807, 2.05) is 48.5 Å². The third-order valence-corrected chi connectivity index (χ3v) is 3.60. The zero-order chi connectivity index (χ0) is 15.6. The molecule has 4 nitrogen and oxygen atoms in total. The van der Waals surface area contributed by atoms with Crippen molar-refractivity contribution in [1.82, 2.24) is 9.97 Å². The van der Waals surface area contributed by atoms with Crippen LogP contribution in [0.4, 0.5) is 0 Å². The minimum atomic E-state index is 0.479. The molecule has 108 valence electrons. The molecule has 0 N–H and O–H groups in total. The van der Waals surface area contributed by atoms with Gasteiger partial charge in [-0.1, -0.05) is 30.3 Å². The molecule has 2 aromatic carbocycles. The van der Waals surface area contributed by atoms with Crippen LogP contribution in [0.25, 0.3) is 33.7 Å². The first-order valence-corrected chi connectivity index (χ1v) is 7.16. The summed E-state index contributed by atoms with van der Waals surface area (Å²) in [6, 6.07) is 21.2. The number of pyridine rings is 1. The fraction of sp³-hybridized carbons (Fsp3) is 0. The largest absolute Gasteiger partial charge is 0.444 e. The molecule has 0 spiro atoms. The van der Waals surface area contributed by atoms with Crippen LogP contribution in [0.2, 0.25) is 0 Å². The van der Waals surface area contributed by atoms with Gasteiger partial charge in [-0.3, -0.25) is 0 Å². The monoisotopic (exact) mass is 297 g/mol. The average Bonchev–Trinajstić information content (AvgIpc) is 3.11. The molecule has 2 heterocycles. The minimum Gasteiger partial charge on any atom is -0.444 e. The molecule has 0 aliphatic carbocycles. The molecule has 0 saturated heterocycles. The van der Waals surface area contributed by atoms with Gasteiger partial charge in [-0.25, -0.2) is 9.97 Å². The molecule has 0 aliphatic heterocycles. The van der Waals surface area contributed by atoms with Gasteiger partial charge in [0.1, 0.15) is 12.0 Å². The Labute approximate surface area is 132 Å². The van der Waals surface area contributed by atoms with Gasteiger partial charge < -0.3 is 4.42 Å². The van der Waals surface area contributed by atoms with Crippen LogP contribution in [-0.2, 0) is 0 Å². The number of hydrogen-bond acceptors (Lipinski definition) is 4. The van der Waals surface area contributed by atoms with E-state index in [4.69, 9.17) is 9.68 Å². The predicted octanol–water partition coefficient (Wildman–Crippen LogP) is 4.43. The predicted molar refractivity (Wildman–Crippen MR) is 87.4 cm³/mol. The molecule has 2 aromatic heterocycles. The molecule has 4 heteroatoms. The van der Waals surface area contributed by atoms with Crippen molar-refractivity contribution >= 4 is 10.9 Å². The van der Waals surface area contributed by atoms with Crippen LogP contribution in [0.3, 0.4) is 0 Å². The molecular weight excluding hydrogens is 286 g/mol.